The summed E-state index contributed by atoms with van der Waals surface area (Å²) in [6, 6.07) is 6.06. The van der Waals surface area contributed by atoms with E-state index in [9.17, 15) is 9.18 Å². The number of ether oxygens (including phenoxy) is 1. The molecule has 3 N–H and O–H groups in total. The molecule has 0 saturated heterocycles. The number of halogens is 1. The van der Waals surface area contributed by atoms with Crippen molar-refractivity contribution in [1.29, 1.82) is 5.26 Å². The number of amidine groups is 1. The van der Waals surface area contributed by atoms with E-state index in [2.05, 4.69) is 20.3 Å². The molecular weight excluding hydrogens is 339 g/mol. The fourth-order valence-corrected chi connectivity index (χ4v) is 2.10. The number of nitrogens with one attached hydrogen (secondary N) is 1. The highest BCUT2D eigenvalue weighted by Crippen LogP contribution is 2.13. The summed E-state index contributed by atoms with van der Waals surface area (Å²) in [5.41, 5.74) is 6.59. The maximum Gasteiger partial charge on any atom is 0.281 e. The van der Waals surface area contributed by atoms with Crippen molar-refractivity contribution in [3.8, 4) is 6.07 Å². The predicted octanol–water partition coefficient (Wildman–Crippen LogP) is 1.55. The van der Waals surface area contributed by atoms with Gasteiger partial charge in [0.2, 0.25) is 0 Å². The first-order valence-corrected chi connectivity index (χ1v) is 7.63. The Bertz CT molecular complexity index is 891. The van der Waals surface area contributed by atoms with Crippen LogP contribution in [0.5, 0.6) is 0 Å². The molecule has 0 aliphatic heterocycles. The van der Waals surface area contributed by atoms with Crippen molar-refractivity contribution in [2.75, 3.05) is 19.0 Å². The number of aliphatic imine (C=N–C) groups is 1. The number of amides is 1. The summed E-state index contributed by atoms with van der Waals surface area (Å²) >= 11 is 0. The number of nitriles is 1. The fraction of sp³-hybridized carbons (Fsp3) is 0.235. The first-order valence-electron chi connectivity index (χ1n) is 7.63. The number of rotatable bonds is 5. The van der Waals surface area contributed by atoms with E-state index in [1.54, 1.807) is 13.0 Å². The highest BCUT2D eigenvalue weighted by atomic mass is 19.1. The smallest absolute Gasteiger partial charge is 0.281 e. The number of hydrogen-bond donors (Lipinski definition) is 2. The molecule has 0 atom stereocenters. The van der Waals surface area contributed by atoms with Crippen molar-refractivity contribution >= 4 is 17.7 Å². The second-order valence-electron chi connectivity index (χ2n) is 5.24. The molecule has 2 rings (SSSR count). The molecule has 8 nitrogen and oxygen atoms in total. The van der Waals surface area contributed by atoms with Gasteiger partial charge in [0.1, 0.15) is 23.4 Å². The largest absolute Gasteiger partial charge is 0.465 e. The molecule has 0 aliphatic carbocycles. The van der Waals surface area contributed by atoms with Crippen molar-refractivity contribution in [2.24, 2.45) is 10.7 Å². The van der Waals surface area contributed by atoms with Gasteiger partial charge in [-0.25, -0.2) is 19.4 Å². The molecule has 0 bridgehead atoms. The lowest BCUT2D eigenvalue weighted by atomic mass is 10.1. The van der Waals surface area contributed by atoms with Gasteiger partial charge in [-0.2, -0.15) is 5.26 Å². The highest BCUT2D eigenvalue weighted by molar-refractivity contribution is 6.03. The zero-order valence-electron chi connectivity index (χ0n) is 14.3. The molecule has 0 saturated carbocycles. The molecule has 2 heterocycles. The second-order valence-corrected chi connectivity index (χ2v) is 5.24. The lowest BCUT2D eigenvalue weighted by Crippen LogP contribution is -2.19. The van der Waals surface area contributed by atoms with Crippen LogP contribution < -0.4 is 11.1 Å². The van der Waals surface area contributed by atoms with E-state index in [-0.39, 0.29) is 36.3 Å². The molecule has 2 aromatic heterocycles. The predicted molar refractivity (Wildman–Crippen MR) is 93.0 cm³/mol. The van der Waals surface area contributed by atoms with Crippen LogP contribution in [-0.4, -0.2) is 35.6 Å². The fourth-order valence-electron chi connectivity index (χ4n) is 2.10. The number of carbonyl (C=O) groups is 1. The Labute approximate surface area is 149 Å². The van der Waals surface area contributed by atoms with E-state index in [0.717, 1.165) is 0 Å². The summed E-state index contributed by atoms with van der Waals surface area (Å²) in [6.07, 6.45) is 1.46. The molecule has 9 heteroatoms. The first kappa shape index (κ1) is 18.8. The summed E-state index contributed by atoms with van der Waals surface area (Å²) < 4.78 is 18.9. The Balaban J connectivity index is 2.11. The van der Waals surface area contributed by atoms with Gasteiger partial charge in [0.05, 0.1) is 17.9 Å². The molecule has 1 amide bonds. The molecule has 2 aromatic rings. The molecule has 0 spiro atoms. The number of pyridine rings is 2. The van der Waals surface area contributed by atoms with Gasteiger partial charge < -0.3 is 15.8 Å². The third-order valence-electron chi connectivity index (χ3n) is 3.39. The lowest BCUT2D eigenvalue weighted by molar-refractivity contribution is 0.102. The third-order valence-corrected chi connectivity index (χ3v) is 3.39. The number of aryl methyl sites for hydroxylation is 1. The van der Waals surface area contributed by atoms with Crippen LogP contribution >= 0.6 is 0 Å². The lowest BCUT2D eigenvalue weighted by Gasteiger charge is -2.09. The molecule has 0 aliphatic rings. The van der Waals surface area contributed by atoms with Crippen LogP contribution in [0.15, 0.2) is 29.4 Å². The monoisotopic (exact) mass is 356 g/mol. The second kappa shape index (κ2) is 8.53. The molecule has 0 unspecified atom stereocenters. The Hall–Kier alpha value is -3.54. The molecule has 134 valence electrons. The number of hydrogen-bond acceptors (Lipinski definition) is 6. The van der Waals surface area contributed by atoms with E-state index in [4.69, 9.17) is 15.7 Å². The number of anilines is 1. The van der Waals surface area contributed by atoms with Gasteiger partial charge in [0, 0.05) is 19.7 Å². The van der Waals surface area contributed by atoms with Crippen LogP contribution in [0, 0.1) is 24.1 Å². The Morgan fingerprint density at radius 3 is 2.92 bits per heavy atom. The van der Waals surface area contributed by atoms with Gasteiger partial charge in [0.25, 0.3) is 11.9 Å². The first-order chi connectivity index (χ1) is 12.4. The van der Waals surface area contributed by atoms with Gasteiger partial charge in [-0.3, -0.25) is 4.79 Å². The zero-order chi connectivity index (χ0) is 19.1. The molecule has 0 radical (unpaired) electrons. The van der Waals surface area contributed by atoms with Crippen molar-refractivity contribution < 1.29 is 13.9 Å². The van der Waals surface area contributed by atoms with Gasteiger partial charge in [0.15, 0.2) is 0 Å². The molecule has 0 aromatic carbocycles. The topological polar surface area (TPSA) is 126 Å². The standard InChI is InChI=1S/C17H17FN6O2/c1-10-7-11(8-19)9-22-15(10)16(25)24-14-4-3-12(18)13(23-14)5-6-26-17(20)21-2/h3-4,7,9H,5-6H2,1-2H3,(H2,20,21)(H,23,24,25). The Morgan fingerprint density at radius 1 is 1.50 bits per heavy atom. The Kier molecular flexibility index (Phi) is 6.16. The SMILES string of the molecule is CN=C(N)OCCc1nc(NC(=O)c2ncc(C#N)cc2C)ccc1F. The maximum atomic E-state index is 13.8. The molecule has 0 fully saturated rings. The highest BCUT2D eigenvalue weighted by Gasteiger charge is 2.14. The normalized spacial score (nSPS) is 10.9. The Morgan fingerprint density at radius 2 is 2.27 bits per heavy atom. The van der Waals surface area contributed by atoms with E-state index in [1.807, 2.05) is 6.07 Å². The summed E-state index contributed by atoms with van der Waals surface area (Å²) in [5.74, 6) is -0.851. The molecule has 26 heavy (non-hydrogen) atoms. The van der Waals surface area contributed by atoms with Crippen LogP contribution in [0.1, 0.15) is 27.3 Å². The van der Waals surface area contributed by atoms with E-state index < -0.39 is 11.7 Å². The quantitative estimate of drug-likeness (QED) is 0.618. The van der Waals surface area contributed by atoms with E-state index in [1.165, 1.54) is 25.4 Å². The minimum Gasteiger partial charge on any atom is -0.465 e. The third kappa shape index (κ3) is 4.73. The summed E-state index contributed by atoms with van der Waals surface area (Å²) in [4.78, 5) is 24.0. The van der Waals surface area contributed by atoms with E-state index in [0.29, 0.717) is 11.1 Å². The number of aromatic nitrogens is 2. The summed E-state index contributed by atoms with van der Waals surface area (Å²) in [6.45, 7) is 1.77. The van der Waals surface area contributed by atoms with Crippen molar-refractivity contribution in [2.45, 2.75) is 13.3 Å². The number of carbonyl (C=O) groups excluding carboxylic acids is 1. The van der Waals surface area contributed by atoms with Gasteiger partial charge in [-0.05, 0) is 30.7 Å². The molecular formula is C17H17FN6O2. The van der Waals surface area contributed by atoms with Crippen LogP contribution in [0.25, 0.3) is 0 Å². The summed E-state index contributed by atoms with van der Waals surface area (Å²) in [5, 5.41) is 11.4. The van der Waals surface area contributed by atoms with Crippen LogP contribution in [0.3, 0.4) is 0 Å². The maximum absolute atomic E-state index is 13.8. The van der Waals surface area contributed by atoms with Crippen LogP contribution in [-0.2, 0) is 11.2 Å². The van der Waals surface area contributed by atoms with Gasteiger partial charge in [-0.15, -0.1) is 0 Å². The van der Waals surface area contributed by atoms with Gasteiger partial charge in [-0.1, -0.05) is 0 Å². The minimum atomic E-state index is -0.522. The minimum absolute atomic E-state index is 0.00256. The average molecular weight is 356 g/mol. The average Bonchev–Trinajstić information content (AvgIpc) is 2.63. The van der Waals surface area contributed by atoms with Crippen molar-refractivity contribution in [1.82, 2.24) is 9.97 Å². The number of nitrogens with zero attached hydrogens (tertiary/aromatic N) is 4. The van der Waals surface area contributed by atoms with Crippen molar-refractivity contribution in [3.63, 3.8) is 0 Å². The van der Waals surface area contributed by atoms with E-state index >= 15 is 0 Å². The van der Waals surface area contributed by atoms with Crippen molar-refractivity contribution in [3.05, 3.63) is 52.7 Å². The van der Waals surface area contributed by atoms with Crippen LogP contribution in [0.4, 0.5) is 10.2 Å². The van der Waals surface area contributed by atoms with Gasteiger partial charge >= 0.3 is 0 Å². The number of nitrogens with two attached hydrogens (primary N) is 1. The van der Waals surface area contributed by atoms with Crippen LogP contribution in [0.2, 0.25) is 0 Å². The summed E-state index contributed by atoms with van der Waals surface area (Å²) in [7, 11) is 1.48. The zero-order valence-corrected chi connectivity index (χ0v) is 14.3.